The highest BCUT2D eigenvalue weighted by atomic mass is 79.9. The van der Waals surface area contributed by atoms with Gasteiger partial charge in [0.05, 0.1) is 5.25 Å². The average molecular weight is 299 g/mol. The smallest absolute Gasteiger partial charge is 0.215 e. The van der Waals surface area contributed by atoms with E-state index in [2.05, 4.69) is 15.9 Å². The zero-order chi connectivity index (χ0) is 10.9. The van der Waals surface area contributed by atoms with E-state index in [1.807, 2.05) is 0 Å². The molecule has 3 nitrogen and oxygen atoms in total. The Morgan fingerprint density at radius 2 is 2.07 bits per heavy atom. The van der Waals surface area contributed by atoms with Crippen molar-refractivity contribution in [1.29, 1.82) is 0 Å². The molecule has 1 aromatic carbocycles. The summed E-state index contributed by atoms with van der Waals surface area (Å²) in [5, 5.41) is 4.84. The molecule has 0 aliphatic rings. The Hall–Kier alpha value is -0.100. The molecule has 14 heavy (non-hydrogen) atoms. The molecule has 1 unspecified atom stereocenters. The Labute approximate surface area is 96.4 Å². The second kappa shape index (κ2) is 4.18. The Bertz CT molecular complexity index is 447. The fourth-order valence-corrected chi connectivity index (χ4v) is 2.75. The Kier molecular flexibility index (Phi) is 3.58. The first kappa shape index (κ1) is 12.0. The molecule has 0 bridgehead atoms. The van der Waals surface area contributed by atoms with E-state index in [1.54, 1.807) is 18.2 Å². The molecule has 1 rings (SSSR count). The fourth-order valence-electron chi connectivity index (χ4n) is 1.01. The van der Waals surface area contributed by atoms with Gasteiger partial charge in [0.1, 0.15) is 0 Å². The predicted octanol–water partition coefficient (Wildman–Crippen LogP) is 2.45. The van der Waals surface area contributed by atoms with Crippen LogP contribution in [0.3, 0.4) is 0 Å². The molecule has 0 saturated carbocycles. The number of hydrogen-bond donors (Lipinski definition) is 1. The standard InChI is InChI=1S/C8H9BrClNO2S/c1-5(14(11,12)13)7-3-2-6(10)4-8(7)9/h2-5H,1H3,(H2,11,12,13). The normalized spacial score (nSPS) is 14.0. The van der Waals surface area contributed by atoms with E-state index in [-0.39, 0.29) is 0 Å². The third kappa shape index (κ3) is 2.70. The maximum atomic E-state index is 11.1. The molecule has 6 heteroatoms. The van der Waals surface area contributed by atoms with E-state index in [0.717, 1.165) is 0 Å². The van der Waals surface area contributed by atoms with E-state index in [4.69, 9.17) is 16.7 Å². The van der Waals surface area contributed by atoms with Gasteiger partial charge in [-0.05, 0) is 24.6 Å². The molecule has 0 radical (unpaired) electrons. The molecule has 0 aromatic heterocycles. The monoisotopic (exact) mass is 297 g/mol. The quantitative estimate of drug-likeness (QED) is 0.911. The first-order chi connectivity index (χ1) is 6.32. The highest BCUT2D eigenvalue weighted by Gasteiger charge is 2.20. The summed E-state index contributed by atoms with van der Waals surface area (Å²) in [6.07, 6.45) is 0. The predicted molar refractivity (Wildman–Crippen MR) is 60.7 cm³/mol. The number of rotatable bonds is 2. The first-order valence-corrected chi connectivity index (χ1v) is 6.57. The molecule has 2 N–H and O–H groups in total. The number of halogens is 2. The molecule has 0 spiro atoms. The van der Waals surface area contributed by atoms with E-state index < -0.39 is 15.3 Å². The summed E-state index contributed by atoms with van der Waals surface area (Å²) < 4.78 is 22.8. The van der Waals surface area contributed by atoms with Gasteiger partial charge in [-0.1, -0.05) is 33.6 Å². The highest BCUT2D eigenvalue weighted by molar-refractivity contribution is 9.10. The largest absolute Gasteiger partial charge is 0.228 e. The molecule has 0 heterocycles. The van der Waals surface area contributed by atoms with Crippen LogP contribution in [0.2, 0.25) is 5.02 Å². The lowest BCUT2D eigenvalue weighted by Gasteiger charge is -2.11. The SMILES string of the molecule is CC(c1ccc(Cl)cc1Br)S(N)(=O)=O. The minimum atomic E-state index is -3.56. The van der Waals surface area contributed by atoms with Crippen LogP contribution < -0.4 is 5.14 Å². The summed E-state index contributed by atoms with van der Waals surface area (Å²) in [6, 6.07) is 4.91. The second-order valence-electron chi connectivity index (χ2n) is 2.90. The Balaban J connectivity index is 3.21. The van der Waals surface area contributed by atoms with Crippen molar-refractivity contribution in [3.05, 3.63) is 33.3 Å². The average Bonchev–Trinajstić information content (AvgIpc) is 2.01. The van der Waals surface area contributed by atoms with Crippen LogP contribution in [0.4, 0.5) is 0 Å². The third-order valence-corrected chi connectivity index (χ3v) is 4.05. The molecule has 0 saturated heterocycles. The van der Waals surface area contributed by atoms with Gasteiger partial charge in [-0.25, -0.2) is 13.6 Å². The van der Waals surface area contributed by atoms with E-state index in [1.165, 1.54) is 6.92 Å². The molecule has 0 aliphatic carbocycles. The minimum Gasteiger partial charge on any atom is -0.228 e. The van der Waals surface area contributed by atoms with Crippen molar-refractivity contribution in [2.24, 2.45) is 5.14 Å². The van der Waals surface area contributed by atoms with Crippen molar-refractivity contribution in [3.8, 4) is 0 Å². The van der Waals surface area contributed by atoms with E-state index in [9.17, 15) is 8.42 Å². The van der Waals surface area contributed by atoms with Crippen LogP contribution >= 0.6 is 27.5 Å². The van der Waals surface area contributed by atoms with Gasteiger partial charge in [-0.15, -0.1) is 0 Å². The van der Waals surface area contributed by atoms with Crippen LogP contribution in [0.25, 0.3) is 0 Å². The third-order valence-electron chi connectivity index (χ3n) is 1.89. The van der Waals surface area contributed by atoms with Gasteiger partial charge in [0.2, 0.25) is 10.0 Å². The fraction of sp³-hybridized carbons (Fsp3) is 0.250. The van der Waals surface area contributed by atoms with Crippen molar-refractivity contribution in [3.63, 3.8) is 0 Å². The molecule has 0 aliphatic heterocycles. The summed E-state index contributed by atoms with van der Waals surface area (Å²) >= 11 is 8.96. The maximum Gasteiger partial charge on any atom is 0.215 e. The van der Waals surface area contributed by atoms with Gasteiger partial charge in [-0.3, -0.25) is 0 Å². The van der Waals surface area contributed by atoms with Crippen LogP contribution in [0, 0.1) is 0 Å². The minimum absolute atomic E-state index is 0.544. The van der Waals surface area contributed by atoms with Gasteiger partial charge in [0.25, 0.3) is 0 Å². The van der Waals surface area contributed by atoms with Crippen molar-refractivity contribution in [2.45, 2.75) is 12.2 Å². The number of hydrogen-bond acceptors (Lipinski definition) is 2. The van der Waals surface area contributed by atoms with Crippen LogP contribution in [-0.2, 0) is 10.0 Å². The number of benzene rings is 1. The van der Waals surface area contributed by atoms with Gasteiger partial charge >= 0.3 is 0 Å². The van der Waals surface area contributed by atoms with Crippen LogP contribution in [0.5, 0.6) is 0 Å². The molecule has 1 atom stereocenters. The summed E-state index contributed by atoms with van der Waals surface area (Å²) in [4.78, 5) is 0. The van der Waals surface area contributed by atoms with Crippen molar-refractivity contribution in [1.82, 2.24) is 0 Å². The lowest BCUT2D eigenvalue weighted by molar-refractivity contribution is 0.588. The highest BCUT2D eigenvalue weighted by Crippen LogP contribution is 2.29. The topological polar surface area (TPSA) is 60.2 Å². The zero-order valence-corrected chi connectivity index (χ0v) is 10.5. The summed E-state index contributed by atoms with van der Waals surface area (Å²) in [6.45, 7) is 1.53. The summed E-state index contributed by atoms with van der Waals surface area (Å²) in [5.74, 6) is 0. The van der Waals surface area contributed by atoms with Crippen molar-refractivity contribution < 1.29 is 8.42 Å². The van der Waals surface area contributed by atoms with Crippen LogP contribution in [-0.4, -0.2) is 8.42 Å². The Morgan fingerprint density at radius 3 is 2.50 bits per heavy atom. The number of sulfonamides is 1. The lowest BCUT2D eigenvalue weighted by Crippen LogP contribution is -2.19. The summed E-state index contributed by atoms with van der Waals surface area (Å²) in [5.41, 5.74) is 0.608. The second-order valence-corrected chi connectivity index (χ2v) is 6.07. The molecule has 1 aromatic rings. The van der Waals surface area contributed by atoms with Gasteiger partial charge in [0.15, 0.2) is 0 Å². The van der Waals surface area contributed by atoms with Gasteiger partial charge in [0, 0.05) is 9.50 Å². The molecule has 78 valence electrons. The van der Waals surface area contributed by atoms with Crippen molar-refractivity contribution in [2.75, 3.05) is 0 Å². The molecular formula is C8H9BrClNO2S. The van der Waals surface area contributed by atoms with Gasteiger partial charge < -0.3 is 0 Å². The number of primary sulfonamides is 1. The summed E-state index contributed by atoms with van der Waals surface area (Å²) in [7, 11) is -3.56. The lowest BCUT2D eigenvalue weighted by atomic mass is 10.2. The maximum absolute atomic E-state index is 11.1. The van der Waals surface area contributed by atoms with Crippen LogP contribution in [0.15, 0.2) is 22.7 Å². The number of nitrogens with two attached hydrogens (primary N) is 1. The zero-order valence-electron chi connectivity index (χ0n) is 7.37. The first-order valence-electron chi connectivity index (χ1n) is 3.79. The van der Waals surface area contributed by atoms with Gasteiger partial charge in [-0.2, -0.15) is 0 Å². The molecule has 0 amide bonds. The van der Waals surface area contributed by atoms with Crippen molar-refractivity contribution >= 4 is 37.6 Å². The van der Waals surface area contributed by atoms with E-state index >= 15 is 0 Å². The van der Waals surface area contributed by atoms with Crippen LogP contribution in [0.1, 0.15) is 17.7 Å². The molecular weight excluding hydrogens is 290 g/mol. The Morgan fingerprint density at radius 1 is 1.50 bits per heavy atom. The molecule has 0 fully saturated rings. The van der Waals surface area contributed by atoms with E-state index in [0.29, 0.717) is 15.1 Å².